The highest BCUT2D eigenvalue weighted by molar-refractivity contribution is 6.30. The van der Waals surface area contributed by atoms with Crippen molar-refractivity contribution < 1.29 is 19.1 Å². The summed E-state index contributed by atoms with van der Waals surface area (Å²) >= 11 is 5.87. The molecular formula is C23H27ClO4. The van der Waals surface area contributed by atoms with E-state index in [2.05, 4.69) is 0 Å². The molecule has 0 fully saturated rings. The lowest BCUT2D eigenvalue weighted by Gasteiger charge is -2.23. The van der Waals surface area contributed by atoms with Crippen molar-refractivity contribution in [1.29, 1.82) is 0 Å². The van der Waals surface area contributed by atoms with Crippen molar-refractivity contribution in [3.8, 4) is 5.75 Å². The summed E-state index contributed by atoms with van der Waals surface area (Å²) < 4.78 is 11.0. The van der Waals surface area contributed by atoms with Gasteiger partial charge in [0.05, 0.1) is 18.1 Å². The van der Waals surface area contributed by atoms with E-state index >= 15 is 0 Å². The summed E-state index contributed by atoms with van der Waals surface area (Å²) in [6, 6.07) is 14.3. The lowest BCUT2D eigenvalue weighted by Crippen LogP contribution is -2.30. The van der Waals surface area contributed by atoms with Crippen LogP contribution in [0, 0.1) is 5.41 Å². The Morgan fingerprint density at radius 1 is 1.00 bits per heavy atom. The third-order valence-corrected chi connectivity index (χ3v) is 4.60. The Bertz CT molecular complexity index is 792. The second-order valence-electron chi connectivity index (χ2n) is 7.69. The largest absolute Gasteiger partial charge is 0.494 e. The molecule has 0 aliphatic heterocycles. The first kappa shape index (κ1) is 22.0. The van der Waals surface area contributed by atoms with Crippen LogP contribution in [0.25, 0.3) is 0 Å². The molecule has 0 atom stereocenters. The van der Waals surface area contributed by atoms with Gasteiger partial charge in [0.15, 0.2) is 5.78 Å². The Kier molecular flexibility index (Phi) is 7.64. The highest BCUT2D eigenvalue weighted by Gasteiger charge is 2.30. The van der Waals surface area contributed by atoms with Crippen LogP contribution in [0.5, 0.6) is 5.75 Å². The molecule has 4 nitrogen and oxygen atoms in total. The SMILES string of the molecule is CC(C)OC(=O)C(C)(C)CCOc1ccc(C(=O)Cc2ccc(Cl)cc2)cc1. The van der Waals surface area contributed by atoms with Crippen molar-refractivity contribution in [3.05, 3.63) is 64.7 Å². The van der Waals surface area contributed by atoms with Gasteiger partial charge in [0.25, 0.3) is 0 Å². The van der Waals surface area contributed by atoms with Gasteiger partial charge in [0.2, 0.25) is 0 Å². The van der Waals surface area contributed by atoms with Gasteiger partial charge in [-0.3, -0.25) is 9.59 Å². The Hall–Kier alpha value is -2.33. The van der Waals surface area contributed by atoms with Crippen LogP contribution in [0.15, 0.2) is 48.5 Å². The number of hydrogen-bond acceptors (Lipinski definition) is 4. The predicted octanol–water partition coefficient (Wildman–Crippen LogP) is 5.51. The third kappa shape index (κ3) is 6.68. The maximum atomic E-state index is 12.4. The minimum atomic E-state index is -0.612. The molecule has 0 saturated heterocycles. The summed E-state index contributed by atoms with van der Waals surface area (Å²) in [6.45, 7) is 7.75. The van der Waals surface area contributed by atoms with Crippen LogP contribution < -0.4 is 4.74 Å². The van der Waals surface area contributed by atoms with Gasteiger partial charge in [-0.05, 0) is 76.1 Å². The van der Waals surface area contributed by atoms with Gasteiger partial charge in [0.1, 0.15) is 5.75 Å². The molecule has 150 valence electrons. The van der Waals surface area contributed by atoms with E-state index in [1.165, 1.54) is 0 Å². The number of rotatable bonds is 9. The molecule has 0 aliphatic carbocycles. The maximum absolute atomic E-state index is 12.4. The zero-order valence-electron chi connectivity index (χ0n) is 16.8. The summed E-state index contributed by atoms with van der Waals surface area (Å²) in [5.41, 5.74) is 0.937. The highest BCUT2D eigenvalue weighted by Crippen LogP contribution is 2.24. The van der Waals surface area contributed by atoms with E-state index in [1.54, 1.807) is 36.4 Å². The number of carbonyl (C=O) groups excluding carboxylic acids is 2. The van der Waals surface area contributed by atoms with Gasteiger partial charge in [-0.15, -0.1) is 0 Å². The summed E-state index contributed by atoms with van der Waals surface area (Å²) in [6.07, 6.45) is 0.727. The smallest absolute Gasteiger partial charge is 0.311 e. The summed E-state index contributed by atoms with van der Waals surface area (Å²) in [4.78, 5) is 24.5. The summed E-state index contributed by atoms with van der Waals surface area (Å²) in [5, 5.41) is 0.651. The van der Waals surface area contributed by atoms with Crippen LogP contribution in [-0.2, 0) is 16.0 Å². The number of Topliss-reactive ketones (excluding diaryl/α,β-unsaturated/α-hetero) is 1. The zero-order valence-corrected chi connectivity index (χ0v) is 17.6. The van der Waals surface area contributed by atoms with Gasteiger partial charge in [-0.1, -0.05) is 23.7 Å². The fraction of sp³-hybridized carbons (Fsp3) is 0.391. The molecule has 0 radical (unpaired) electrons. The Morgan fingerprint density at radius 3 is 2.18 bits per heavy atom. The average Bonchev–Trinajstić information content (AvgIpc) is 2.63. The molecule has 28 heavy (non-hydrogen) atoms. The van der Waals surface area contributed by atoms with Crippen molar-refractivity contribution >= 4 is 23.4 Å². The molecule has 0 saturated carbocycles. The maximum Gasteiger partial charge on any atom is 0.311 e. The molecule has 2 rings (SSSR count). The monoisotopic (exact) mass is 402 g/mol. The second kappa shape index (κ2) is 9.74. The molecule has 2 aromatic rings. The molecule has 0 amide bonds. The van der Waals surface area contributed by atoms with E-state index in [1.807, 2.05) is 39.8 Å². The topological polar surface area (TPSA) is 52.6 Å². The number of ketones is 1. The quantitative estimate of drug-likeness (QED) is 0.409. The Balaban J connectivity index is 1.86. The third-order valence-electron chi connectivity index (χ3n) is 4.35. The number of hydrogen-bond donors (Lipinski definition) is 0. The first-order valence-electron chi connectivity index (χ1n) is 9.39. The van der Waals surface area contributed by atoms with E-state index < -0.39 is 5.41 Å². The van der Waals surface area contributed by atoms with E-state index in [0.717, 1.165) is 5.56 Å². The van der Waals surface area contributed by atoms with Gasteiger partial charge in [0, 0.05) is 17.0 Å². The Labute approximate surface area is 171 Å². The first-order chi connectivity index (χ1) is 13.2. The van der Waals surface area contributed by atoms with Crippen molar-refractivity contribution in [3.63, 3.8) is 0 Å². The first-order valence-corrected chi connectivity index (χ1v) is 9.77. The van der Waals surface area contributed by atoms with E-state index in [0.29, 0.717) is 35.8 Å². The number of esters is 1. The zero-order chi connectivity index (χ0) is 20.7. The molecule has 0 spiro atoms. The van der Waals surface area contributed by atoms with E-state index in [9.17, 15) is 9.59 Å². The number of ether oxygens (including phenoxy) is 2. The minimum absolute atomic E-state index is 0.0337. The van der Waals surface area contributed by atoms with Crippen LogP contribution in [-0.4, -0.2) is 24.5 Å². The molecule has 0 aliphatic rings. The van der Waals surface area contributed by atoms with Gasteiger partial charge < -0.3 is 9.47 Å². The molecule has 0 bridgehead atoms. The van der Waals surface area contributed by atoms with Gasteiger partial charge in [-0.2, -0.15) is 0 Å². The molecule has 0 unspecified atom stereocenters. The summed E-state index contributed by atoms with van der Waals surface area (Å²) in [7, 11) is 0. The fourth-order valence-corrected chi connectivity index (χ4v) is 2.65. The molecule has 0 N–H and O–H groups in total. The minimum Gasteiger partial charge on any atom is -0.494 e. The summed E-state index contributed by atoms with van der Waals surface area (Å²) in [5.74, 6) is 0.469. The van der Waals surface area contributed by atoms with Gasteiger partial charge in [-0.25, -0.2) is 0 Å². The van der Waals surface area contributed by atoms with Crippen molar-refractivity contribution in [2.45, 2.75) is 46.6 Å². The number of carbonyl (C=O) groups is 2. The molecule has 0 heterocycles. The van der Waals surface area contributed by atoms with Crippen molar-refractivity contribution in [1.82, 2.24) is 0 Å². The van der Waals surface area contributed by atoms with Gasteiger partial charge >= 0.3 is 5.97 Å². The van der Waals surface area contributed by atoms with Crippen LogP contribution in [0.1, 0.15) is 50.0 Å². The Morgan fingerprint density at radius 2 is 1.61 bits per heavy atom. The van der Waals surface area contributed by atoms with E-state index in [-0.39, 0.29) is 17.9 Å². The predicted molar refractivity (Wildman–Crippen MR) is 111 cm³/mol. The standard InChI is InChI=1S/C23H27ClO4/c1-16(2)28-22(26)23(3,4)13-14-27-20-11-7-18(8-12-20)21(25)15-17-5-9-19(24)10-6-17/h5-12,16H,13-15H2,1-4H3. The number of halogens is 1. The van der Waals surface area contributed by atoms with Crippen LogP contribution in [0.2, 0.25) is 5.02 Å². The lowest BCUT2D eigenvalue weighted by molar-refractivity contribution is -0.158. The van der Waals surface area contributed by atoms with Crippen LogP contribution in [0.3, 0.4) is 0 Å². The van der Waals surface area contributed by atoms with Crippen molar-refractivity contribution in [2.75, 3.05) is 6.61 Å². The second-order valence-corrected chi connectivity index (χ2v) is 8.12. The van der Waals surface area contributed by atoms with Crippen LogP contribution in [0.4, 0.5) is 0 Å². The van der Waals surface area contributed by atoms with Crippen LogP contribution >= 0.6 is 11.6 Å². The molecule has 0 aromatic heterocycles. The lowest BCUT2D eigenvalue weighted by atomic mass is 9.90. The van der Waals surface area contributed by atoms with Crippen molar-refractivity contribution in [2.24, 2.45) is 5.41 Å². The molecular weight excluding hydrogens is 376 g/mol. The number of benzene rings is 2. The fourth-order valence-electron chi connectivity index (χ4n) is 2.53. The molecule has 2 aromatic carbocycles. The normalized spacial score (nSPS) is 11.4. The molecule has 5 heteroatoms. The highest BCUT2D eigenvalue weighted by atomic mass is 35.5. The van der Waals surface area contributed by atoms with E-state index in [4.69, 9.17) is 21.1 Å². The average molecular weight is 403 g/mol.